The molecule has 1 fully saturated rings. The highest BCUT2D eigenvalue weighted by Crippen LogP contribution is 2.22. The number of amides is 1. The Morgan fingerprint density at radius 3 is 3.24 bits per heavy atom. The average Bonchev–Trinajstić information content (AvgIpc) is 2.82. The Balaban J connectivity index is 1.96. The number of thioether (sulfide) groups is 1. The summed E-state index contributed by atoms with van der Waals surface area (Å²) in [5.74, 6) is 2.89. The number of nitrogens with one attached hydrogen (secondary N) is 1. The van der Waals surface area contributed by atoms with Crippen LogP contribution in [0.2, 0.25) is 0 Å². The van der Waals surface area contributed by atoms with E-state index in [4.69, 9.17) is 5.73 Å². The highest BCUT2D eigenvalue weighted by atomic mass is 32.2. The average molecular weight is 251 g/mol. The van der Waals surface area contributed by atoms with E-state index in [2.05, 4.69) is 10.3 Å². The molecule has 3 N–H and O–H groups in total. The molecule has 4 nitrogen and oxygen atoms in total. The van der Waals surface area contributed by atoms with Crippen molar-refractivity contribution in [2.75, 3.05) is 23.8 Å². The molecule has 1 aliphatic heterocycles. The molecule has 1 aromatic rings. The molecular formula is C12H17N3OS. The summed E-state index contributed by atoms with van der Waals surface area (Å²) < 4.78 is 0. The Morgan fingerprint density at radius 2 is 2.53 bits per heavy atom. The third-order valence-electron chi connectivity index (χ3n) is 2.93. The van der Waals surface area contributed by atoms with Gasteiger partial charge in [0, 0.05) is 6.54 Å². The summed E-state index contributed by atoms with van der Waals surface area (Å²) in [7, 11) is 0. The second kappa shape index (κ2) is 5.40. The minimum atomic E-state index is -0.0702. The molecule has 17 heavy (non-hydrogen) atoms. The van der Waals surface area contributed by atoms with Crippen LogP contribution in [0.5, 0.6) is 0 Å². The summed E-state index contributed by atoms with van der Waals surface area (Å²) >= 11 is 1.95. The third-order valence-corrected chi connectivity index (χ3v) is 4.16. The lowest BCUT2D eigenvalue weighted by Crippen LogP contribution is -2.30. The fourth-order valence-corrected chi connectivity index (χ4v) is 3.14. The predicted octanol–water partition coefficient (Wildman–Crippen LogP) is 1.46. The van der Waals surface area contributed by atoms with Crippen LogP contribution >= 0.6 is 11.8 Å². The zero-order valence-corrected chi connectivity index (χ0v) is 10.7. The van der Waals surface area contributed by atoms with Crippen molar-refractivity contribution in [1.29, 1.82) is 0 Å². The van der Waals surface area contributed by atoms with Crippen molar-refractivity contribution in [3.05, 3.63) is 23.5 Å². The van der Waals surface area contributed by atoms with Crippen molar-refractivity contribution < 1.29 is 4.79 Å². The zero-order chi connectivity index (χ0) is 12.3. The highest BCUT2D eigenvalue weighted by Gasteiger charge is 2.17. The molecule has 0 spiro atoms. The van der Waals surface area contributed by atoms with Gasteiger partial charge in [-0.25, -0.2) is 0 Å². The molecule has 0 aromatic carbocycles. The molecule has 1 aromatic heterocycles. The Kier molecular flexibility index (Phi) is 3.89. The van der Waals surface area contributed by atoms with Gasteiger partial charge in [0.15, 0.2) is 0 Å². The number of nitrogens with two attached hydrogens (primary N) is 1. The fraction of sp³-hybridized carbons (Fsp3) is 0.500. The van der Waals surface area contributed by atoms with Crippen LogP contribution in [0.15, 0.2) is 12.3 Å². The van der Waals surface area contributed by atoms with E-state index in [9.17, 15) is 4.79 Å². The number of carbonyl (C=O) groups is 1. The molecule has 2 heterocycles. The smallest absolute Gasteiger partial charge is 0.253 e. The number of aromatic nitrogens is 1. The monoisotopic (exact) mass is 251 g/mol. The quantitative estimate of drug-likeness (QED) is 0.853. The van der Waals surface area contributed by atoms with E-state index >= 15 is 0 Å². The summed E-state index contributed by atoms with van der Waals surface area (Å²) in [6.07, 6.45) is 2.76. The summed E-state index contributed by atoms with van der Waals surface area (Å²) in [5, 5.41) is 2.96. The maximum atomic E-state index is 12.0. The first-order valence-corrected chi connectivity index (χ1v) is 6.90. The molecule has 0 bridgehead atoms. The Morgan fingerprint density at radius 1 is 1.71 bits per heavy atom. The first-order valence-electron chi connectivity index (χ1n) is 5.75. The normalized spacial score (nSPS) is 19.2. The standard InChI is InChI=1S/C12H17N3OS/c1-8-11(4-10(13)6-14-8)12(16)15-5-9-2-3-17-7-9/h4,6,9H,2-3,5,7,13H2,1H3,(H,15,16). The van der Waals surface area contributed by atoms with Crippen LogP contribution < -0.4 is 11.1 Å². The minimum absolute atomic E-state index is 0.0702. The van der Waals surface area contributed by atoms with Crippen molar-refractivity contribution in [1.82, 2.24) is 10.3 Å². The van der Waals surface area contributed by atoms with E-state index in [1.54, 1.807) is 12.3 Å². The second-order valence-electron chi connectivity index (χ2n) is 4.34. The van der Waals surface area contributed by atoms with E-state index in [1.165, 1.54) is 12.2 Å². The first-order chi connectivity index (χ1) is 8.16. The number of rotatable bonds is 3. The van der Waals surface area contributed by atoms with Crippen LogP contribution in [0, 0.1) is 12.8 Å². The molecule has 1 amide bonds. The number of hydrogen-bond donors (Lipinski definition) is 2. The number of nitrogen functional groups attached to an aromatic ring is 1. The number of pyridine rings is 1. The molecule has 0 saturated carbocycles. The molecule has 1 unspecified atom stereocenters. The molecule has 0 aliphatic carbocycles. The van der Waals surface area contributed by atoms with Gasteiger partial charge >= 0.3 is 0 Å². The molecule has 1 aliphatic rings. The van der Waals surface area contributed by atoms with Gasteiger partial charge in [0.2, 0.25) is 0 Å². The van der Waals surface area contributed by atoms with Crippen LogP contribution in [0.4, 0.5) is 5.69 Å². The number of anilines is 1. The van der Waals surface area contributed by atoms with E-state index in [-0.39, 0.29) is 5.91 Å². The van der Waals surface area contributed by atoms with E-state index in [0.29, 0.717) is 17.2 Å². The van der Waals surface area contributed by atoms with Crippen molar-refractivity contribution in [2.45, 2.75) is 13.3 Å². The molecule has 1 saturated heterocycles. The number of hydrogen-bond acceptors (Lipinski definition) is 4. The minimum Gasteiger partial charge on any atom is -0.397 e. The van der Waals surface area contributed by atoms with E-state index < -0.39 is 0 Å². The first kappa shape index (κ1) is 12.2. The van der Waals surface area contributed by atoms with Crippen molar-refractivity contribution >= 4 is 23.4 Å². The van der Waals surface area contributed by atoms with Crippen molar-refractivity contribution in [3.63, 3.8) is 0 Å². The van der Waals surface area contributed by atoms with E-state index in [1.807, 2.05) is 18.7 Å². The zero-order valence-electron chi connectivity index (χ0n) is 9.90. The van der Waals surface area contributed by atoms with E-state index in [0.717, 1.165) is 18.0 Å². The van der Waals surface area contributed by atoms with Crippen LogP contribution in [0.3, 0.4) is 0 Å². The van der Waals surface area contributed by atoms with Crippen LogP contribution in [-0.4, -0.2) is 28.9 Å². The van der Waals surface area contributed by atoms with Crippen LogP contribution in [0.1, 0.15) is 22.5 Å². The second-order valence-corrected chi connectivity index (χ2v) is 5.49. The Hall–Kier alpha value is -1.23. The molecular weight excluding hydrogens is 234 g/mol. The van der Waals surface area contributed by atoms with Crippen LogP contribution in [-0.2, 0) is 0 Å². The third kappa shape index (κ3) is 3.12. The fourth-order valence-electron chi connectivity index (χ4n) is 1.86. The SMILES string of the molecule is Cc1ncc(N)cc1C(=O)NCC1CCSC1. The maximum absolute atomic E-state index is 12.0. The van der Waals surface area contributed by atoms with Gasteiger partial charge in [0.1, 0.15) is 0 Å². The van der Waals surface area contributed by atoms with Gasteiger partial charge in [-0.2, -0.15) is 11.8 Å². The number of nitrogens with zero attached hydrogens (tertiary/aromatic N) is 1. The Labute approximate surface area is 105 Å². The van der Waals surface area contributed by atoms with Crippen molar-refractivity contribution in [2.24, 2.45) is 5.92 Å². The predicted molar refractivity (Wildman–Crippen MR) is 71.2 cm³/mol. The Bertz CT molecular complexity index is 416. The van der Waals surface area contributed by atoms with Gasteiger partial charge in [0.05, 0.1) is 23.1 Å². The van der Waals surface area contributed by atoms with Gasteiger partial charge in [-0.15, -0.1) is 0 Å². The molecule has 0 radical (unpaired) electrons. The summed E-state index contributed by atoms with van der Waals surface area (Å²) in [6.45, 7) is 2.57. The largest absolute Gasteiger partial charge is 0.397 e. The summed E-state index contributed by atoms with van der Waals surface area (Å²) in [5.41, 5.74) is 7.46. The summed E-state index contributed by atoms with van der Waals surface area (Å²) in [4.78, 5) is 16.1. The van der Waals surface area contributed by atoms with Gasteiger partial charge in [-0.1, -0.05) is 0 Å². The molecule has 5 heteroatoms. The van der Waals surface area contributed by atoms with Gasteiger partial charge in [0.25, 0.3) is 5.91 Å². The van der Waals surface area contributed by atoms with Gasteiger partial charge in [-0.3, -0.25) is 9.78 Å². The summed E-state index contributed by atoms with van der Waals surface area (Å²) in [6, 6.07) is 1.68. The van der Waals surface area contributed by atoms with Crippen molar-refractivity contribution in [3.8, 4) is 0 Å². The lowest BCUT2D eigenvalue weighted by atomic mass is 10.1. The molecule has 2 rings (SSSR count). The maximum Gasteiger partial charge on any atom is 0.253 e. The topological polar surface area (TPSA) is 68.0 Å². The molecule has 1 atom stereocenters. The van der Waals surface area contributed by atoms with Crippen LogP contribution in [0.25, 0.3) is 0 Å². The lowest BCUT2D eigenvalue weighted by molar-refractivity contribution is 0.0947. The lowest BCUT2D eigenvalue weighted by Gasteiger charge is -2.11. The highest BCUT2D eigenvalue weighted by molar-refractivity contribution is 7.99. The number of carbonyl (C=O) groups excluding carboxylic acids is 1. The van der Waals surface area contributed by atoms with Gasteiger partial charge in [-0.05, 0) is 36.8 Å². The van der Waals surface area contributed by atoms with Gasteiger partial charge < -0.3 is 11.1 Å². The molecule has 92 valence electrons. The number of aryl methyl sites for hydroxylation is 1.